The molecule has 1 aromatic heterocycles. The SMILES string of the molecule is Cc1ccc(F)c(NC(=O)Nc2ccc(-c3cnc(C)nc3)cc2)c1. The fourth-order valence-corrected chi connectivity index (χ4v) is 2.31. The number of hydrogen-bond donors (Lipinski definition) is 2. The molecule has 3 rings (SSSR count). The van der Waals surface area contributed by atoms with Gasteiger partial charge in [0.25, 0.3) is 0 Å². The average Bonchev–Trinajstić information content (AvgIpc) is 2.59. The van der Waals surface area contributed by atoms with E-state index in [0.717, 1.165) is 16.7 Å². The fraction of sp³-hybridized carbons (Fsp3) is 0.105. The number of nitrogens with zero attached hydrogens (tertiary/aromatic N) is 2. The van der Waals surface area contributed by atoms with Gasteiger partial charge in [-0.25, -0.2) is 19.2 Å². The Bertz CT molecular complexity index is 892. The minimum atomic E-state index is -0.504. The van der Waals surface area contributed by atoms with Crippen molar-refractivity contribution in [2.45, 2.75) is 13.8 Å². The highest BCUT2D eigenvalue weighted by Gasteiger charge is 2.08. The zero-order valence-corrected chi connectivity index (χ0v) is 13.9. The third kappa shape index (κ3) is 4.17. The largest absolute Gasteiger partial charge is 0.323 e. The topological polar surface area (TPSA) is 66.9 Å². The number of amides is 2. The Morgan fingerprint density at radius 2 is 1.60 bits per heavy atom. The van der Waals surface area contributed by atoms with Crippen LogP contribution in [0.15, 0.2) is 54.9 Å². The second-order valence-electron chi connectivity index (χ2n) is 5.66. The Kier molecular flexibility index (Phi) is 4.70. The summed E-state index contributed by atoms with van der Waals surface area (Å²) in [5.74, 6) is 0.234. The molecule has 0 aliphatic rings. The van der Waals surface area contributed by atoms with Gasteiger partial charge in [0.15, 0.2) is 0 Å². The lowest BCUT2D eigenvalue weighted by Crippen LogP contribution is -2.20. The van der Waals surface area contributed by atoms with Gasteiger partial charge >= 0.3 is 6.03 Å². The maximum atomic E-state index is 13.7. The summed E-state index contributed by atoms with van der Waals surface area (Å²) in [7, 11) is 0. The zero-order chi connectivity index (χ0) is 17.8. The molecule has 0 spiro atoms. The summed E-state index contributed by atoms with van der Waals surface area (Å²) < 4.78 is 13.7. The third-order valence-corrected chi connectivity index (χ3v) is 3.63. The number of aromatic nitrogens is 2. The molecule has 2 amide bonds. The molecule has 0 saturated carbocycles. The van der Waals surface area contributed by atoms with E-state index in [4.69, 9.17) is 0 Å². The number of benzene rings is 2. The molecule has 5 nitrogen and oxygen atoms in total. The summed E-state index contributed by atoms with van der Waals surface area (Å²) >= 11 is 0. The van der Waals surface area contributed by atoms with E-state index in [1.54, 1.807) is 36.7 Å². The molecule has 0 aliphatic heterocycles. The number of nitrogens with one attached hydrogen (secondary N) is 2. The van der Waals surface area contributed by atoms with E-state index in [1.807, 2.05) is 26.0 Å². The van der Waals surface area contributed by atoms with Gasteiger partial charge in [0.2, 0.25) is 0 Å². The molecule has 6 heteroatoms. The number of rotatable bonds is 3. The first kappa shape index (κ1) is 16.6. The van der Waals surface area contributed by atoms with Gasteiger partial charge in [-0.15, -0.1) is 0 Å². The lowest BCUT2D eigenvalue weighted by molar-refractivity contribution is 0.262. The molecule has 0 unspecified atom stereocenters. The smallest absolute Gasteiger partial charge is 0.308 e. The minimum Gasteiger partial charge on any atom is -0.308 e. The summed E-state index contributed by atoms with van der Waals surface area (Å²) in [5.41, 5.74) is 3.44. The Morgan fingerprint density at radius 3 is 2.28 bits per heavy atom. The predicted octanol–water partition coefficient (Wildman–Crippen LogP) is 4.54. The molecule has 2 N–H and O–H groups in total. The Hall–Kier alpha value is -3.28. The molecule has 3 aromatic rings. The number of carbonyl (C=O) groups excluding carboxylic acids is 1. The van der Waals surface area contributed by atoms with Crippen LogP contribution in [0.5, 0.6) is 0 Å². The van der Waals surface area contributed by atoms with Crippen LogP contribution in [0.2, 0.25) is 0 Å². The summed E-state index contributed by atoms with van der Waals surface area (Å²) in [6.45, 7) is 3.66. The number of aryl methyl sites for hydroxylation is 2. The Labute approximate surface area is 145 Å². The molecule has 0 atom stereocenters. The van der Waals surface area contributed by atoms with Crippen LogP contribution >= 0.6 is 0 Å². The van der Waals surface area contributed by atoms with E-state index < -0.39 is 11.8 Å². The molecule has 0 aliphatic carbocycles. The van der Waals surface area contributed by atoms with Gasteiger partial charge in [-0.2, -0.15) is 0 Å². The quantitative estimate of drug-likeness (QED) is 0.738. The first-order chi connectivity index (χ1) is 12.0. The highest BCUT2D eigenvalue weighted by molar-refractivity contribution is 6.00. The van der Waals surface area contributed by atoms with Crippen molar-refractivity contribution in [3.05, 3.63) is 72.1 Å². The van der Waals surface area contributed by atoms with Crippen molar-refractivity contribution in [3.8, 4) is 11.1 Å². The van der Waals surface area contributed by atoms with Gasteiger partial charge in [0.1, 0.15) is 11.6 Å². The number of anilines is 2. The van der Waals surface area contributed by atoms with Crippen LogP contribution in [0.25, 0.3) is 11.1 Å². The second-order valence-corrected chi connectivity index (χ2v) is 5.66. The molecule has 1 heterocycles. The summed E-state index contributed by atoms with van der Waals surface area (Å²) in [6, 6.07) is 11.3. The van der Waals surface area contributed by atoms with Gasteiger partial charge in [0, 0.05) is 23.6 Å². The molecule has 2 aromatic carbocycles. The van der Waals surface area contributed by atoms with E-state index in [1.165, 1.54) is 6.07 Å². The number of halogens is 1. The van der Waals surface area contributed by atoms with Gasteiger partial charge in [0.05, 0.1) is 5.69 Å². The van der Waals surface area contributed by atoms with Crippen LogP contribution in [-0.4, -0.2) is 16.0 Å². The lowest BCUT2D eigenvalue weighted by atomic mass is 10.1. The highest BCUT2D eigenvalue weighted by Crippen LogP contribution is 2.21. The van der Waals surface area contributed by atoms with E-state index in [-0.39, 0.29) is 5.69 Å². The Balaban J connectivity index is 1.67. The summed E-state index contributed by atoms with van der Waals surface area (Å²) in [4.78, 5) is 20.4. The number of hydrogen-bond acceptors (Lipinski definition) is 3. The maximum absolute atomic E-state index is 13.7. The van der Waals surface area contributed by atoms with E-state index in [0.29, 0.717) is 11.5 Å². The van der Waals surface area contributed by atoms with Crippen LogP contribution in [0.4, 0.5) is 20.6 Å². The van der Waals surface area contributed by atoms with Gasteiger partial charge in [-0.3, -0.25) is 0 Å². The van der Waals surface area contributed by atoms with Crippen molar-refractivity contribution in [2.24, 2.45) is 0 Å². The van der Waals surface area contributed by atoms with Crippen LogP contribution in [0.1, 0.15) is 11.4 Å². The maximum Gasteiger partial charge on any atom is 0.323 e. The van der Waals surface area contributed by atoms with Crippen LogP contribution < -0.4 is 10.6 Å². The van der Waals surface area contributed by atoms with Crippen molar-refractivity contribution in [3.63, 3.8) is 0 Å². The molecule has 0 fully saturated rings. The first-order valence-corrected chi connectivity index (χ1v) is 7.74. The number of urea groups is 1. The predicted molar refractivity (Wildman–Crippen MR) is 96.0 cm³/mol. The fourth-order valence-electron chi connectivity index (χ4n) is 2.31. The Morgan fingerprint density at radius 1 is 0.920 bits per heavy atom. The van der Waals surface area contributed by atoms with Gasteiger partial charge in [-0.05, 0) is 49.2 Å². The lowest BCUT2D eigenvalue weighted by Gasteiger charge is -2.10. The van der Waals surface area contributed by atoms with Crippen molar-refractivity contribution in [1.82, 2.24) is 9.97 Å². The molecule has 0 saturated heterocycles. The van der Waals surface area contributed by atoms with Crippen LogP contribution in [0, 0.1) is 19.7 Å². The van der Waals surface area contributed by atoms with Gasteiger partial charge < -0.3 is 10.6 Å². The molecule has 0 bridgehead atoms. The monoisotopic (exact) mass is 336 g/mol. The molecule has 126 valence electrons. The highest BCUT2D eigenvalue weighted by atomic mass is 19.1. The molecular formula is C19H17FN4O. The van der Waals surface area contributed by atoms with E-state index in [2.05, 4.69) is 20.6 Å². The number of carbonyl (C=O) groups is 1. The van der Waals surface area contributed by atoms with Crippen LogP contribution in [0.3, 0.4) is 0 Å². The zero-order valence-electron chi connectivity index (χ0n) is 13.9. The van der Waals surface area contributed by atoms with Crippen molar-refractivity contribution in [1.29, 1.82) is 0 Å². The summed E-state index contributed by atoms with van der Waals surface area (Å²) in [6.07, 6.45) is 3.50. The molecule has 25 heavy (non-hydrogen) atoms. The summed E-state index contributed by atoms with van der Waals surface area (Å²) in [5, 5.41) is 5.18. The normalized spacial score (nSPS) is 10.4. The second kappa shape index (κ2) is 7.09. The molecular weight excluding hydrogens is 319 g/mol. The van der Waals surface area contributed by atoms with E-state index in [9.17, 15) is 9.18 Å². The van der Waals surface area contributed by atoms with Gasteiger partial charge in [-0.1, -0.05) is 18.2 Å². The molecule has 0 radical (unpaired) electrons. The van der Waals surface area contributed by atoms with Crippen molar-refractivity contribution >= 4 is 17.4 Å². The standard InChI is InChI=1S/C19H17FN4O/c1-12-3-8-17(20)18(9-12)24-19(25)23-16-6-4-14(5-7-16)15-10-21-13(2)22-11-15/h3-11H,1-2H3,(H2,23,24,25). The van der Waals surface area contributed by atoms with Crippen molar-refractivity contribution in [2.75, 3.05) is 10.6 Å². The minimum absolute atomic E-state index is 0.144. The van der Waals surface area contributed by atoms with E-state index >= 15 is 0 Å². The average molecular weight is 336 g/mol. The first-order valence-electron chi connectivity index (χ1n) is 7.74. The van der Waals surface area contributed by atoms with Crippen molar-refractivity contribution < 1.29 is 9.18 Å². The third-order valence-electron chi connectivity index (χ3n) is 3.63. The van der Waals surface area contributed by atoms with Crippen LogP contribution in [-0.2, 0) is 0 Å².